The van der Waals surface area contributed by atoms with E-state index in [9.17, 15) is 0 Å². The molecule has 0 saturated carbocycles. The van der Waals surface area contributed by atoms with Crippen molar-refractivity contribution in [3.05, 3.63) is 35.9 Å². The lowest BCUT2D eigenvalue weighted by Gasteiger charge is -2.21. The minimum absolute atomic E-state index is 0.440. The van der Waals surface area contributed by atoms with E-state index in [-0.39, 0.29) is 0 Å². The van der Waals surface area contributed by atoms with Crippen LogP contribution in [0.1, 0.15) is 38.3 Å². The van der Waals surface area contributed by atoms with Crippen LogP contribution in [0.2, 0.25) is 0 Å². The Kier molecular flexibility index (Phi) is 9.29. The predicted molar refractivity (Wildman–Crippen MR) is 84.0 cm³/mol. The van der Waals surface area contributed by atoms with Gasteiger partial charge < -0.3 is 14.8 Å². The van der Waals surface area contributed by atoms with E-state index in [0.29, 0.717) is 25.2 Å². The van der Waals surface area contributed by atoms with Crippen molar-refractivity contribution in [1.29, 1.82) is 0 Å². The summed E-state index contributed by atoms with van der Waals surface area (Å²) in [7, 11) is 1.70. The molecule has 0 radical (unpaired) electrons. The number of methoxy groups -OCH3 is 1. The summed E-state index contributed by atoms with van der Waals surface area (Å²) >= 11 is 0. The zero-order valence-electron chi connectivity index (χ0n) is 13.1. The third-order valence-corrected chi connectivity index (χ3v) is 3.20. The number of nitrogens with one attached hydrogen (secondary N) is 1. The molecule has 3 nitrogen and oxygen atoms in total. The molecule has 0 fully saturated rings. The van der Waals surface area contributed by atoms with Crippen molar-refractivity contribution in [2.24, 2.45) is 5.92 Å². The highest BCUT2D eigenvalue weighted by molar-refractivity contribution is 5.18. The minimum Gasteiger partial charge on any atom is -0.382 e. The van der Waals surface area contributed by atoms with E-state index >= 15 is 0 Å². The van der Waals surface area contributed by atoms with Gasteiger partial charge in [0.1, 0.15) is 0 Å². The molecule has 20 heavy (non-hydrogen) atoms. The standard InChI is InChI=1S/C17H29NO2/c1-15(2)14-17(16-8-5-4-6-9-16)18-10-7-11-20-13-12-19-3/h4-6,8-9,15,17-18H,7,10-14H2,1-3H3. The number of rotatable bonds is 11. The quantitative estimate of drug-likeness (QED) is 0.630. The van der Waals surface area contributed by atoms with E-state index in [0.717, 1.165) is 26.0 Å². The largest absolute Gasteiger partial charge is 0.382 e. The molecule has 114 valence electrons. The van der Waals surface area contributed by atoms with Crippen molar-refractivity contribution in [3.8, 4) is 0 Å². The predicted octanol–water partition coefficient (Wildman–Crippen LogP) is 3.42. The molecule has 0 saturated heterocycles. The summed E-state index contributed by atoms with van der Waals surface area (Å²) in [4.78, 5) is 0. The van der Waals surface area contributed by atoms with Crippen molar-refractivity contribution in [3.63, 3.8) is 0 Å². The molecule has 1 atom stereocenters. The molecule has 1 unspecified atom stereocenters. The topological polar surface area (TPSA) is 30.5 Å². The van der Waals surface area contributed by atoms with Crippen LogP contribution in [0, 0.1) is 5.92 Å². The summed E-state index contributed by atoms with van der Waals surface area (Å²) in [6, 6.07) is 11.1. The van der Waals surface area contributed by atoms with Crippen LogP contribution in [-0.2, 0) is 9.47 Å². The van der Waals surface area contributed by atoms with E-state index in [2.05, 4.69) is 49.5 Å². The maximum absolute atomic E-state index is 5.48. The van der Waals surface area contributed by atoms with Crippen molar-refractivity contribution in [2.45, 2.75) is 32.7 Å². The molecule has 0 bridgehead atoms. The molecule has 1 aromatic carbocycles. The lowest BCUT2D eigenvalue weighted by atomic mass is 9.97. The lowest BCUT2D eigenvalue weighted by Crippen LogP contribution is -2.24. The van der Waals surface area contributed by atoms with Gasteiger partial charge in [0.2, 0.25) is 0 Å². The van der Waals surface area contributed by atoms with E-state index in [1.807, 2.05) is 0 Å². The van der Waals surface area contributed by atoms with Crippen LogP contribution in [0.4, 0.5) is 0 Å². The molecule has 1 rings (SSSR count). The fraction of sp³-hybridized carbons (Fsp3) is 0.647. The Morgan fingerprint density at radius 1 is 1.05 bits per heavy atom. The number of ether oxygens (including phenoxy) is 2. The van der Waals surface area contributed by atoms with Gasteiger partial charge in [-0.2, -0.15) is 0 Å². The molecule has 0 aliphatic heterocycles. The van der Waals surface area contributed by atoms with Gasteiger partial charge in [0.25, 0.3) is 0 Å². The van der Waals surface area contributed by atoms with Crippen molar-refractivity contribution < 1.29 is 9.47 Å². The second kappa shape index (κ2) is 10.8. The van der Waals surface area contributed by atoms with E-state index in [1.54, 1.807) is 7.11 Å². The lowest BCUT2D eigenvalue weighted by molar-refractivity contribution is 0.0692. The first kappa shape index (κ1) is 17.2. The van der Waals surface area contributed by atoms with Gasteiger partial charge in [-0.25, -0.2) is 0 Å². The second-order valence-electron chi connectivity index (χ2n) is 5.51. The third kappa shape index (κ3) is 7.63. The highest BCUT2D eigenvalue weighted by Crippen LogP contribution is 2.20. The van der Waals surface area contributed by atoms with E-state index in [1.165, 1.54) is 5.56 Å². The molecule has 0 spiro atoms. The summed E-state index contributed by atoms with van der Waals surface area (Å²) < 4.78 is 10.4. The van der Waals surface area contributed by atoms with Gasteiger partial charge in [0.05, 0.1) is 13.2 Å². The monoisotopic (exact) mass is 279 g/mol. The minimum atomic E-state index is 0.440. The Labute approximate surface area is 123 Å². The van der Waals surface area contributed by atoms with Crippen molar-refractivity contribution in [1.82, 2.24) is 5.32 Å². The number of benzene rings is 1. The SMILES string of the molecule is COCCOCCCNC(CC(C)C)c1ccccc1. The van der Waals surface area contributed by atoms with Crippen LogP contribution in [0.5, 0.6) is 0 Å². The van der Waals surface area contributed by atoms with Crippen LogP contribution in [0.25, 0.3) is 0 Å². The molecule has 0 aliphatic rings. The van der Waals surface area contributed by atoms with Crippen LogP contribution >= 0.6 is 0 Å². The first-order chi connectivity index (χ1) is 9.74. The maximum Gasteiger partial charge on any atom is 0.0700 e. The third-order valence-electron chi connectivity index (χ3n) is 3.20. The highest BCUT2D eigenvalue weighted by Gasteiger charge is 2.11. The average Bonchev–Trinajstić information content (AvgIpc) is 2.45. The Morgan fingerprint density at radius 3 is 2.45 bits per heavy atom. The molecule has 1 N–H and O–H groups in total. The first-order valence-electron chi connectivity index (χ1n) is 7.59. The Bertz CT molecular complexity index is 327. The normalized spacial score (nSPS) is 12.8. The van der Waals surface area contributed by atoms with E-state index < -0.39 is 0 Å². The highest BCUT2D eigenvalue weighted by atomic mass is 16.5. The van der Waals surface area contributed by atoms with Crippen molar-refractivity contribution >= 4 is 0 Å². The Morgan fingerprint density at radius 2 is 1.80 bits per heavy atom. The van der Waals surface area contributed by atoms with E-state index in [4.69, 9.17) is 9.47 Å². The van der Waals surface area contributed by atoms with Crippen LogP contribution in [-0.4, -0.2) is 33.5 Å². The van der Waals surface area contributed by atoms with Gasteiger partial charge in [-0.15, -0.1) is 0 Å². The zero-order valence-corrected chi connectivity index (χ0v) is 13.1. The summed E-state index contributed by atoms with van der Waals surface area (Å²) in [5, 5.41) is 3.65. The fourth-order valence-electron chi connectivity index (χ4n) is 2.19. The van der Waals surface area contributed by atoms with Crippen molar-refractivity contribution in [2.75, 3.05) is 33.5 Å². The number of hydrogen-bond donors (Lipinski definition) is 1. The molecule has 0 aromatic heterocycles. The summed E-state index contributed by atoms with van der Waals surface area (Å²) in [6.45, 7) is 7.67. The summed E-state index contributed by atoms with van der Waals surface area (Å²) in [5.41, 5.74) is 1.38. The van der Waals surface area contributed by atoms with Gasteiger partial charge in [0.15, 0.2) is 0 Å². The average molecular weight is 279 g/mol. The fourth-order valence-corrected chi connectivity index (χ4v) is 2.19. The first-order valence-corrected chi connectivity index (χ1v) is 7.59. The molecule has 3 heteroatoms. The van der Waals surface area contributed by atoms with Gasteiger partial charge in [-0.05, 0) is 30.9 Å². The van der Waals surface area contributed by atoms with Crippen LogP contribution in [0.3, 0.4) is 0 Å². The molecule has 0 aliphatic carbocycles. The maximum atomic E-state index is 5.48. The van der Waals surface area contributed by atoms with Crippen LogP contribution in [0.15, 0.2) is 30.3 Å². The molecule has 0 heterocycles. The summed E-state index contributed by atoms with van der Waals surface area (Å²) in [5.74, 6) is 0.686. The molecule has 1 aromatic rings. The molecular weight excluding hydrogens is 250 g/mol. The van der Waals surface area contributed by atoms with Gasteiger partial charge in [0, 0.05) is 19.8 Å². The van der Waals surface area contributed by atoms with Crippen LogP contribution < -0.4 is 5.32 Å². The smallest absolute Gasteiger partial charge is 0.0700 e. The Balaban J connectivity index is 2.28. The zero-order chi connectivity index (χ0) is 14.6. The Hall–Kier alpha value is -0.900. The van der Waals surface area contributed by atoms with Gasteiger partial charge in [-0.1, -0.05) is 44.2 Å². The molecular formula is C17H29NO2. The second-order valence-corrected chi connectivity index (χ2v) is 5.51. The number of hydrogen-bond acceptors (Lipinski definition) is 3. The van der Waals surface area contributed by atoms with Gasteiger partial charge >= 0.3 is 0 Å². The molecule has 0 amide bonds. The summed E-state index contributed by atoms with van der Waals surface area (Å²) in [6.07, 6.45) is 2.19. The van der Waals surface area contributed by atoms with Gasteiger partial charge in [-0.3, -0.25) is 0 Å².